The highest BCUT2D eigenvalue weighted by atomic mass is 35.5. The van der Waals surface area contributed by atoms with E-state index in [1.807, 2.05) is 13.8 Å². The number of aromatic nitrogens is 1. The van der Waals surface area contributed by atoms with E-state index in [2.05, 4.69) is 4.98 Å². The van der Waals surface area contributed by atoms with Crippen LogP contribution in [0.2, 0.25) is 5.15 Å². The predicted octanol–water partition coefficient (Wildman–Crippen LogP) is 2.28. The first-order valence-corrected chi connectivity index (χ1v) is 5.16. The highest BCUT2D eigenvalue weighted by molar-refractivity contribution is 7.12. The van der Waals surface area contributed by atoms with Gasteiger partial charge < -0.3 is 4.90 Å². The van der Waals surface area contributed by atoms with E-state index in [-0.39, 0.29) is 11.9 Å². The Morgan fingerprint density at radius 3 is 2.69 bits per heavy atom. The van der Waals surface area contributed by atoms with E-state index in [0.29, 0.717) is 10.0 Å². The Balaban J connectivity index is 2.86. The lowest BCUT2D eigenvalue weighted by Crippen LogP contribution is -2.32. The van der Waals surface area contributed by atoms with Crippen LogP contribution in [0, 0.1) is 0 Å². The van der Waals surface area contributed by atoms with E-state index in [4.69, 9.17) is 11.6 Å². The van der Waals surface area contributed by atoms with Crippen molar-refractivity contribution in [1.82, 2.24) is 9.88 Å². The molecule has 0 aliphatic rings. The van der Waals surface area contributed by atoms with Crippen LogP contribution >= 0.6 is 22.9 Å². The molecular formula is C8H11ClN2OS. The van der Waals surface area contributed by atoms with Gasteiger partial charge in [0.05, 0.1) is 5.51 Å². The van der Waals surface area contributed by atoms with Crippen molar-refractivity contribution in [2.45, 2.75) is 19.9 Å². The molecule has 1 aromatic rings. The number of hydrogen-bond donors (Lipinski definition) is 0. The zero-order valence-electron chi connectivity index (χ0n) is 7.74. The minimum Gasteiger partial charge on any atom is -0.338 e. The average Bonchev–Trinajstić information content (AvgIpc) is 2.48. The van der Waals surface area contributed by atoms with Gasteiger partial charge in [-0.1, -0.05) is 11.6 Å². The van der Waals surface area contributed by atoms with E-state index in [1.54, 1.807) is 17.5 Å². The molecule has 0 bridgehead atoms. The van der Waals surface area contributed by atoms with E-state index in [0.717, 1.165) is 0 Å². The van der Waals surface area contributed by atoms with Crippen molar-refractivity contribution in [2.75, 3.05) is 7.05 Å². The molecule has 0 aliphatic heterocycles. The van der Waals surface area contributed by atoms with Gasteiger partial charge in [-0.2, -0.15) is 0 Å². The van der Waals surface area contributed by atoms with Crippen LogP contribution in [0.25, 0.3) is 0 Å². The summed E-state index contributed by atoms with van der Waals surface area (Å²) in [6.45, 7) is 3.90. The highest BCUT2D eigenvalue weighted by Gasteiger charge is 2.18. The average molecular weight is 219 g/mol. The van der Waals surface area contributed by atoms with Crippen LogP contribution in [0.4, 0.5) is 0 Å². The molecule has 1 heterocycles. The molecule has 72 valence electrons. The molecule has 0 fully saturated rings. The summed E-state index contributed by atoms with van der Waals surface area (Å²) in [7, 11) is 1.75. The molecule has 3 nitrogen and oxygen atoms in total. The van der Waals surface area contributed by atoms with Crippen molar-refractivity contribution < 1.29 is 4.79 Å². The summed E-state index contributed by atoms with van der Waals surface area (Å²) in [5.41, 5.74) is 1.57. The Kier molecular flexibility index (Phi) is 3.27. The van der Waals surface area contributed by atoms with Crippen molar-refractivity contribution in [3.05, 3.63) is 15.5 Å². The first-order valence-electron chi connectivity index (χ1n) is 3.90. The smallest absolute Gasteiger partial charge is 0.267 e. The summed E-state index contributed by atoms with van der Waals surface area (Å²) in [5, 5.41) is 0.294. The van der Waals surface area contributed by atoms with Crippen molar-refractivity contribution >= 4 is 28.8 Å². The fraction of sp³-hybridized carbons (Fsp3) is 0.500. The van der Waals surface area contributed by atoms with Gasteiger partial charge in [-0.15, -0.1) is 11.3 Å². The number of carbonyl (C=O) groups excluding carboxylic acids is 1. The molecule has 1 aromatic heterocycles. The van der Waals surface area contributed by atoms with Crippen molar-refractivity contribution in [3.8, 4) is 0 Å². The van der Waals surface area contributed by atoms with Crippen molar-refractivity contribution in [3.63, 3.8) is 0 Å². The Hall–Kier alpha value is -0.610. The van der Waals surface area contributed by atoms with Crippen molar-refractivity contribution in [2.24, 2.45) is 0 Å². The summed E-state index contributed by atoms with van der Waals surface area (Å²) >= 11 is 7.00. The van der Waals surface area contributed by atoms with Crippen molar-refractivity contribution in [1.29, 1.82) is 0 Å². The Morgan fingerprint density at radius 2 is 2.31 bits per heavy atom. The minimum absolute atomic E-state index is 0.0671. The molecule has 0 aliphatic carbocycles. The second kappa shape index (κ2) is 4.07. The third-order valence-corrected chi connectivity index (χ3v) is 3.03. The van der Waals surface area contributed by atoms with Crippen LogP contribution in [-0.2, 0) is 0 Å². The second-order valence-corrected chi connectivity index (χ2v) is 4.19. The lowest BCUT2D eigenvalue weighted by Gasteiger charge is -2.20. The maximum absolute atomic E-state index is 11.7. The van der Waals surface area contributed by atoms with Gasteiger partial charge >= 0.3 is 0 Å². The number of thiazole rings is 1. The summed E-state index contributed by atoms with van der Waals surface area (Å²) < 4.78 is 0. The number of rotatable bonds is 2. The molecule has 1 rings (SSSR count). The SMILES string of the molecule is CC(C)N(C)C(=O)c1scnc1Cl. The quantitative estimate of drug-likeness (QED) is 0.763. The van der Waals surface area contributed by atoms with Crippen LogP contribution in [-0.4, -0.2) is 28.9 Å². The zero-order valence-corrected chi connectivity index (χ0v) is 9.32. The van der Waals surface area contributed by atoms with Crippen LogP contribution in [0.1, 0.15) is 23.5 Å². The molecule has 5 heteroatoms. The highest BCUT2D eigenvalue weighted by Crippen LogP contribution is 2.20. The van der Waals surface area contributed by atoms with Gasteiger partial charge in [0.15, 0.2) is 5.15 Å². The number of carbonyl (C=O) groups is 1. The molecule has 0 unspecified atom stereocenters. The van der Waals surface area contributed by atoms with Gasteiger partial charge in [0.1, 0.15) is 4.88 Å². The fourth-order valence-corrected chi connectivity index (χ4v) is 1.75. The normalized spacial score (nSPS) is 10.5. The number of hydrogen-bond acceptors (Lipinski definition) is 3. The topological polar surface area (TPSA) is 33.2 Å². The van der Waals surface area contributed by atoms with Gasteiger partial charge in [-0.05, 0) is 13.8 Å². The molecule has 13 heavy (non-hydrogen) atoms. The van der Waals surface area contributed by atoms with Gasteiger partial charge in [0.25, 0.3) is 5.91 Å². The third kappa shape index (κ3) is 2.19. The van der Waals surface area contributed by atoms with E-state index in [1.165, 1.54) is 11.3 Å². The maximum Gasteiger partial charge on any atom is 0.267 e. The number of halogens is 1. The molecule has 1 amide bonds. The zero-order chi connectivity index (χ0) is 10.0. The lowest BCUT2D eigenvalue weighted by atomic mass is 10.3. The monoisotopic (exact) mass is 218 g/mol. The largest absolute Gasteiger partial charge is 0.338 e. The van der Waals surface area contributed by atoms with Gasteiger partial charge in [-0.3, -0.25) is 4.79 Å². The van der Waals surface area contributed by atoms with Crippen LogP contribution in [0.5, 0.6) is 0 Å². The van der Waals surface area contributed by atoms with Gasteiger partial charge in [0.2, 0.25) is 0 Å². The molecule has 0 radical (unpaired) electrons. The Bertz CT molecular complexity index is 311. The molecule has 0 atom stereocenters. The molecule has 0 saturated heterocycles. The summed E-state index contributed by atoms with van der Waals surface area (Å²) in [6, 6.07) is 0.172. The van der Waals surface area contributed by atoms with Crippen LogP contribution in [0.15, 0.2) is 5.51 Å². The molecule has 0 aromatic carbocycles. The second-order valence-electron chi connectivity index (χ2n) is 2.98. The Labute approximate surface area is 86.3 Å². The summed E-state index contributed by atoms with van der Waals surface area (Å²) in [4.78, 5) is 17.6. The fourth-order valence-electron chi connectivity index (χ4n) is 0.766. The first-order chi connectivity index (χ1) is 6.04. The van der Waals surface area contributed by atoms with E-state index in [9.17, 15) is 4.79 Å². The molecule has 0 spiro atoms. The third-order valence-electron chi connectivity index (χ3n) is 1.81. The molecule has 0 saturated carbocycles. The lowest BCUT2D eigenvalue weighted by molar-refractivity contribution is 0.0760. The van der Waals surface area contributed by atoms with Gasteiger partial charge in [-0.25, -0.2) is 4.98 Å². The van der Waals surface area contributed by atoms with Crippen LogP contribution in [0.3, 0.4) is 0 Å². The summed E-state index contributed by atoms with van der Waals surface area (Å²) in [5.74, 6) is -0.0671. The van der Waals surface area contributed by atoms with Gasteiger partial charge in [0, 0.05) is 13.1 Å². The maximum atomic E-state index is 11.7. The first kappa shape index (κ1) is 10.5. The summed E-state index contributed by atoms with van der Waals surface area (Å²) in [6.07, 6.45) is 0. The molecular weight excluding hydrogens is 208 g/mol. The molecule has 0 N–H and O–H groups in total. The van der Waals surface area contributed by atoms with E-state index < -0.39 is 0 Å². The predicted molar refractivity (Wildman–Crippen MR) is 54.4 cm³/mol. The minimum atomic E-state index is -0.0671. The Morgan fingerprint density at radius 1 is 1.69 bits per heavy atom. The standard InChI is InChI=1S/C8H11ClN2OS/c1-5(2)11(3)8(12)6-7(9)10-4-13-6/h4-5H,1-3H3. The number of amides is 1. The van der Waals surface area contributed by atoms with E-state index >= 15 is 0 Å². The van der Waals surface area contributed by atoms with Crippen LogP contribution < -0.4 is 0 Å². The number of nitrogens with zero attached hydrogens (tertiary/aromatic N) is 2.